The van der Waals surface area contributed by atoms with Crippen molar-refractivity contribution >= 4 is 15.9 Å². The fourth-order valence-corrected chi connectivity index (χ4v) is 1.63. The first kappa shape index (κ1) is 12.6. The molecule has 0 aromatic heterocycles. The molecule has 0 radical (unpaired) electrons. The predicted molar refractivity (Wildman–Crippen MR) is 59.6 cm³/mol. The lowest BCUT2D eigenvalue weighted by Gasteiger charge is -2.04. The zero-order chi connectivity index (χ0) is 10.4. The van der Waals surface area contributed by atoms with Crippen molar-refractivity contribution in [3.8, 4) is 0 Å². The normalized spacial score (nSPS) is 9.08. The lowest BCUT2D eigenvalue weighted by molar-refractivity contribution is 0.601. The van der Waals surface area contributed by atoms with Crippen LogP contribution < -0.4 is 0 Å². The molecule has 1 rings (SSSR count). The molecule has 0 saturated carbocycles. The third-order valence-corrected chi connectivity index (χ3v) is 2.48. The number of hydrogen-bond donors (Lipinski definition) is 0. The molecular formula is C11H16BrF. The van der Waals surface area contributed by atoms with E-state index in [-0.39, 0.29) is 5.82 Å². The van der Waals surface area contributed by atoms with E-state index < -0.39 is 0 Å². The van der Waals surface area contributed by atoms with Gasteiger partial charge < -0.3 is 0 Å². The van der Waals surface area contributed by atoms with E-state index in [0.717, 1.165) is 16.5 Å². The quantitative estimate of drug-likeness (QED) is 0.686. The number of halogens is 2. The zero-order valence-electron chi connectivity index (χ0n) is 8.62. The van der Waals surface area contributed by atoms with Gasteiger partial charge in [-0.05, 0) is 25.0 Å². The lowest BCUT2D eigenvalue weighted by Crippen LogP contribution is -1.92. The Balaban J connectivity index is 0.000000671. The molecule has 0 spiro atoms. The summed E-state index contributed by atoms with van der Waals surface area (Å²) in [5.74, 6) is -0.0816. The predicted octanol–water partition coefficient (Wildman–Crippen LogP) is 4.49. The van der Waals surface area contributed by atoms with Crippen LogP contribution >= 0.6 is 15.9 Å². The van der Waals surface area contributed by atoms with Crippen molar-refractivity contribution in [3.63, 3.8) is 0 Å². The van der Waals surface area contributed by atoms with E-state index in [1.54, 1.807) is 13.0 Å². The zero-order valence-corrected chi connectivity index (χ0v) is 10.2. The molecule has 0 aliphatic heterocycles. The number of hydrogen-bond acceptors (Lipinski definition) is 0. The van der Waals surface area contributed by atoms with Gasteiger partial charge in [-0.15, -0.1) is 0 Å². The molecule has 0 N–H and O–H groups in total. The molecule has 0 unspecified atom stereocenters. The molecule has 2 heteroatoms. The van der Waals surface area contributed by atoms with E-state index in [2.05, 4.69) is 15.9 Å². The number of aryl methyl sites for hydroxylation is 1. The van der Waals surface area contributed by atoms with Crippen molar-refractivity contribution in [3.05, 3.63) is 33.5 Å². The largest absolute Gasteiger partial charge is 0.206 e. The van der Waals surface area contributed by atoms with Crippen LogP contribution in [0.15, 0.2) is 16.6 Å². The van der Waals surface area contributed by atoms with Crippen LogP contribution in [-0.4, -0.2) is 0 Å². The van der Waals surface area contributed by atoms with Crippen LogP contribution in [0.3, 0.4) is 0 Å². The van der Waals surface area contributed by atoms with Gasteiger partial charge in [0.15, 0.2) is 0 Å². The summed E-state index contributed by atoms with van der Waals surface area (Å²) < 4.78 is 14.1. The van der Waals surface area contributed by atoms with Crippen molar-refractivity contribution in [2.24, 2.45) is 0 Å². The molecule has 74 valence electrons. The Bertz CT molecular complexity index is 269. The van der Waals surface area contributed by atoms with E-state index >= 15 is 0 Å². The third-order valence-electron chi connectivity index (χ3n) is 1.73. The van der Waals surface area contributed by atoms with Gasteiger partial charge in [-0.2, -0.15) is 0 Å². The summed E-state index contributed by atoms with van der Waals surface area (Å²) in [5.41, 5.74) is 1.48. The highest BCUT2D eigenvalue weighted by molar-refractivity contribution is 9.10. The molecule has 1 aromatic carbocycles. The van der Waals surface area contributed by atoms with Gasteiger partial charge >= 0.3 is 0 Å². The molecule has 0 heterocycles. The summed E-state index contributed by atoms with van der Waals surface area (Å²) in [6.07, 6.45) is 0.730. The minimum Gasteiger partial charge on any atom is -0.206 e. The van der Waals surface area contributed by atoms with Gasteiger partial charge in [0.2, 0.25) is 0 Å². The van der Waals surface area contributed by atoms with E-state index in [1.807, 2.05) is 26.8 Å². The molecule has 0 aliphatic rings. The van der Waals surface area contributed by atoms with Crippen molar-refractivity contribution in [2.45, 2.75) is 34.1 Å². The van der Waals surface area contributed by atoms with Crippen LogP contribution in [0, 0.1) is 12.7 Å². The van der Waals surface area contributed by atoms with Gasteiger partial charge in [0.25, 0.3) is 0 Å². The minimum absolute atomic E-state index is 0.0816. The highest BCUT2D eigenvalue weighted by Crippen LogP contribution is 2.22. The lowest BCUT2D eigenvalue weighted by atomic mass is 10.1. The molecular weight excluding hydrogens is 231 g/mol. The summed E-state index contributed by atoms with van der Waals surface area (Å²) in [5, 5.41) is 0. The van der Waals surface area contributed by atoms with Gasteiger partial charge in [0, 0.05) is 10.0 Å². The van der Waals surface area contributed by atoms with E-state index in [1.165, 1.54) is 0 Å². The molecule has 0 fully saturated rings. The smallest absolute Gasteiger partial charge is 0.130 e. The minimum atomic E-state index is -0.0816. The second-order valence-electron chi connectivity index (χ2n) is 2.51. The van der Waals surface area contributed by atoms with Gasteiger partial charge in [-0.25, -0.2) is 4.39 Å². The Morgan fingerprint density at radius 1 is 1.31 bits per heavy atom. The van der Waals surface area contributed by atoms with Crippen molar-refractivity contribution in [2.75, 3.05) is 0 Å². The number of benzene rings is 1. The molecule has 0 saturated heterocycles. The van der Waals surface area contributed by atoms with Crippen LogP contribution in [0.1, 0.15) is 31.9 Å². The average Bonchev–Trinajstić information content (AvgIpc) is 2.16. The molecule has 13 heavy (non-hydrogen) atoms. The van der Waals surface area contributed by atoms with Crippen molar-refractivity contribution < 1.29 is 4.39 Å². The van der Waals surface area contributed by atoms with Crippen molar-refractivity contribution in [1.29, 1.82) is 0 Å². The van der Waals surface area contributed by atoms with Crippen LogP contribution in [0.5, 0.6) is 0 Å². The third kappa shape index (κ3) is 3.11. The molecule has 0 bridgehead atoms. The Labute approximate surface area is 88.3 Å². The fraction of sp³-hybridized carbons (Fsp3) is 0.455. The Hall–Kier alpha value is -0.370. The summed E-state index contributed by atoms with van der Waals surface area (Å²) in [4.78, 5) is 0. The number of rotatable bonds is 1. The summed E-state index contributed by atoms with van der Waals surface area (Å²) >= 11 is 3.30. The van der Waals surface area contributed by atoms with E-state index in [0.29, 0.717) is 5.56 Å². The topological polar surface area (TPSA) is 0 Å². The van der Waals surface area contributed by atoms with E-state index in [4.69, 9.17) is 0 Å². The summed E-state index contributed by atoms with van der Waals surface area (Å²) in [6.45, 7) is 7.73. The molecule has 0 atom stereocenters. The first-order valence-electron chi connectivity index (χ1n) is 4.60. The Morgan fingerprint density at radius 3 is 2.23 bits per heavy atom. The van der Waals surface area contributed by atoms with Crippen LogP contribution in [0.2, 0.25) is 0 Å². The maximum atomic E-state index is 13.2. The standard InChI is InChI=1S/C9H10BrF.C2H6/c1-3-7-8(10)5-4-6(2)9(7)11;1-2/h4-5H,3H2,1-2H3;1-2H3. The molecule has 1 aromatic rings. The van der Waals surface area contributed by atoms with Crippen LogP contribution in [0.4, 0.5) is 4.39 Å². The Kier molecular flexibility index (Phi) is 5.97. The Morgan fingerprint density at radius 2 is 1.85 bits per heavy atom. The average molecular weight is 247 g/mol. The molecule has 0 aliphatic carbocycles. The van der Waals surface area contributed by atoms with Gasteiger partial charge in [-0.1, -0.05) is 42.8 Å². The highest BCUT2D eigenvalue weighted by Gasteiger charge is 2.06. The van der Waals surface area contributed by atoms with Gasteiger partial charge in [0.05, 0.1) is 0 Å². The van der Waals surface area contributed by atoms with Gasteiger partial charge in [0.1, 0.15) is 5.82 Å². The maximum Gasteiger partial charge on any atom is 0.130 e. The fourth-order valence-electron chi connectivity index (χ4n) is 1.04. The second kappa shape index (κ2) is 6.14. The first-order valence-corrected chi connectivity index (χ1v) is 5.39. The second-order valence-corrected chi connectivity index (χ2v) is 3.36. The maximum absolute atomic E-state index is 13.2. The van der Waals surface area contributed by atoms with Crippen LogP contribution in [-0.2, 0) is 6.42 Å². The molecule has 0 amide bonds. The summed E-state index contributed by atoms with van der Waals surface area (Å²) in [7, 11) is 0. The molecule has 0 nitrogen and oxygen atoms in total. The van der Waals surface area contributed by atoms with Crippen molar-refractivity contribution in [1.82, 2.24) is 0 Å². The summed E-state index contributed by atoms with van der Waals surface area (Å²) in [6, 6.07) is 3.66. The first-order chi connectivity index (χ1) is 6.16. The van der Waals surface area contributed by atoms with E-state index in [9.17, 15) is 4.39 Å². The monoisotopic (exact) mass is 246 g/mol. The highest BCUT2D eigenvalue weighted by atomic mass is 79.9. The van der Waals surface area contributed by atoms with Gasteiger partial charge in [-0.3, -0.25) is 0 Å². The van der Waals surface area contributed by atoms with Crippen LogP contribution in [0.25, 0.3) is 0 Å². The SMILES string of the molecule is CC.CCc1c(Br)ccc(C)c1F.